The average Bonchev–Trinajstić information content (AvgIpc) is 3.14. The molecule has 0 radical (unpaired) electrons. The van der Waals surface area contributed by atoms with Crippen molar-refractivity contribution in [3.63, 3.8) is 0 Å². The third-order valence-electron chi connectivity index (χ3n) is 3.79. The molecule has 0 atom stereocenters. The molecule has 1 fully saturated rings. The van der Waals surface area contributed by atoms with Crippen molar-refractivity contribution in [1.29, 1.82) is 0 Å². The van der Waals surface area contributed by atoms with Crippen LogP contribution in [0.2, 0.25) is 0 Å². The normalized spacial score (nSPS) is 16.2. The van der Waals surface area contributed by atoms with E-state index in [2.05, 4.69) is 5.32 Å². The number of hydrogen-bond acceptors (Lipinski definition) is 3. The molecule has 0 saturated heterocycles. The fraction of sp³-hybridized carbons (Fsp3) is 0.500. The topological polar surface area (TPSA) is 64.3 Å². The Hall–Kier alpha value is -1.55. The van der Waals surface area contributed by atoms with E-state index >= 15 is 0 Å². The maximum Gasteiger partial charge on any atom is 0.231 e. The monoisotopic (exact) mass is 248 g/mol. The Labute approximate surface area is 108 Å². The molecular formula is C14H20N2O2. The lowest BCUT2D eigenvalue weighted by Crippen LogP contribution is -2.31. The van der Waals surface area contributed by atoms with Crippen LogP contribution in [-0.2, 0) is 4.79 Å². The fourth-order valence-electron chi connectivity index (χ4n) is 1.99. The molecule has 2 rings (SSSR count). The summed E-state index contributed by atoms with van der Waals surface area (Å²) in [5.41, 5.74) is 8.31. The summed E-state index contributed by atoms with van der Waals surface area (Å²) in [5.74, 6) is 0.700. The third kappa shape index (κ3) is 2.20. The van der Waals surface area contributed by atoms with Gasteiger partial charge in [-0.25, -0.2) is 0 Å². The maximum atomic E-state index is 12.1. The second-order valence-corrected chi connectivity index (χ2v) is 5.08. The standard InChI is InChI=1S/C14H20N2O2/c1-9-6-11(12(18-3)7-10(9)2)16-13(17)14(8-15)4-5-14/h6-7H,4-5,8,15H2,1-3H3,(H,16,17). The molecule has 98 valence electrons. The van der Waals surface area contributed by atoms with Crippen molar-refractivity contribution in [2.45, 2.75) is 26.7 Å². The van der Waals surface area contributed by atoms with Gasteiger partial charge in [-0.15, -0.1) is 0 Å². The van der Waals surface area contributed by atoms with Crippen LogP contribution in [0.4, 0.5) is 5.69 Å². The first-order chi connectivity index (χ1) is 8.52. The van der Waals surface area contributed by atoms with Crippen molar-refractivity contribution in [2.24, 2.45) is 11.1 Å². The quantitative estimate of drug-likeness (QED) is 0.856. The summed E-state index contributed by atoms with van der Waals surface area (Å²) >= 11 is 0. The predicted molar refractivity (Wildman–Crippen MR) is 71.8 cm³/mol. The number of rotatable bonds is 4. The van der Waals surface area contributed by atoms with Gasteiger partial charge < -0.3 is 15.8 Å². The first-order valence-corrected chi connectivity index (χ1v) is 6.19. The summed E-state index contributed by atoms with van der Waals surface area (Å²) < 4.78 is 5.30. The minimum absolute atomic E-state index is 0.00607. The van der Waals surface area contributed by atoms with Gasteiger partial charge in [-0.3, -0.25) is 4.79 Å². The summed E-state index contributed by atoms with van der Waals surface area (Å²) in [7, 11) is 1.61. The van der Waals surface area contributed by atoms with Crippen LogP contribution in [0, 0.1) is 19.3 Å². The summed E-state index contributed by atoms with van der Waals surface area (Å²) in [6.07, 6.45) is 1.75. The van der Waals surface area contributed by atoms with E-state index in [0.29, 0.717) is 12.3 Å². The number of carbonyl (C=O) groups is 1. The van der Waals surface area contributed by atoms with E-state index < -0.39 is 0 Å². The minimum atomic E-state index is -0.343. The van der Waals surface area contributed by atoms with Gasteiger partial charge in [-0.1, -0.05) is 0 Å². The van der Waals surface area contributed by atoms with Crippen molar-refractivity contribution >= 4 is 11.6 Å². The molecule has 0 bridgehead atoms. The third-order valence-corrected chi connectivity index (χ3v) is 3.79. The van der Waals surface area contributed by atoms with Gasteiger partial charge in [0, 0.05) is 6.54 Å². The number of anilines is 1. The van der Waals surface area contributed by atoms with Gasteiger partial charge in [0.05, 0.1) is 18.2 Å². The van der Waals surface area contributed by atoms with Crippen molar-refractivity contribution in [1.82, 2.24) is 0 Å². The predicted octanol–water partition coefficient (Wildman–Crippen LogP) is 1.99. The number of methoxy groups -OCH3 is 1. The van der Waals surface area contributed by atoms with Gasteiger partial charge in [-0.05, 0) is 49.9 Å². The zero-order chi connectivity index (χ0) is 13.3. The van der Waals surface area contributed by atoms with Crippen LogP contribution in [-0.4, -0.2) is 19.6 Å². The summed E-state index contributed by atoms with van der Waals surface area (Å²) in [4.78, 5) is 12.1. The lowest BCUT2D eigenvalue weighted by Gasteiger charge is -2.16. The van der Waals surface area contributed by atoms with Gasteiger partial charge in [0.2, 0.25) is 5.91 Å². The molecule has 1 amide bonds. The van der Waals surface area contributed by atoms with E-state index in [1.807, 2.05) is 26.0 Å². The number of amides is 1. The van der Waals surface area contributed by atoms with Gasteiger partial charge in [0.1, 0.15) is 5.75 Å². The highest BCUT2D eigenvalue weighted by Crippen LogP contribution is 2.45. The lowest BCUT2D eigenvalue weighted by atomic mass is 10.1. The Kier molecular flexibility index (Phi) is 3.30. The molecule has 0 aliphatic heterocycles. The number of ether oxygens (including phenoxy) is 1. The zero-order valence-electron chi connectivity index (χ0n) is 11.2. The number of carbonyl (C=O) groups excluding carboxylic acids is 1. The lowest BCUT2D eigenvalue weighted by molar-refractivity contribution is -0.120. The van der Waals surface area contributed by atoms with Crippen LogP contribution >= 0.6 is 0 Å². The number of benzene rings is 1. The van der Waals surface area contributed by atoms with Crippen molar-refractivity contribution in [3.8, 4) is 5.75 Å². The molecule has 1 aliphatic carbocycles. The van der Waals surface area contributed by atoms with Gasteiger partial charge in [0.25, 0.3) is 0 Å². The highest BCUT2D eigenvalue weighted by Gasteiger charge is 2.48. The first-order valence-electron chi connectivity index (χ1n) is 6.19. The second kappa shape index (κ2) is 4.61. The van der Waals surface area contributed by atoms with E-state index in [1.54, 1.807) is 7.11 Å². The Morgan fingerprint density at radius 3 is 2.50 bits per heavy atom. The fourth-order valence-corrected chi connectivity index (χ4v) is 1.99. The van der Waals surface area contributed by atoms with Gasteiger partial charge >= 0.3 is 0 Å². The molecule has 3 N–H and O–H groups in total. The van der Waals surface area contributed by atoms with Gasteiger partial charge in [0.15, 0.2) is 0 Å². The molecular weight excluding hydrogens is 228 g/mol. The largest absolute Gasteiger partial charge is 0.495 e. The highest BCUT2D eigenvalue weighted by atomic mass is 16.5. The minimum Gasteiger partial charge on any atom is -0.495 e. The molecule has 1 aromatic rings. The molecule has 0 unspecified atom stereocenters. The summed E-state index contributed by atoms with van der Waals surface area (Å²) in [5, 5.41) is 2.94. The Balaban J connectivity index is 2.23. The Morgan fingerprint density at radius 2 is 2.00 bits per heavy atom. The van der Waals surface area contributed by atoms with Crippen molar-refractivity contribution in [2.75, 3.05) is 19.0 Å². The molecule has 0 heterocycles. The number of hydrogen-bond donors (Lipinski definition) is 2. The van der Waals surface area contributed by atoms with Crippen molar-refractivity contribution in [3.05, 3.63) is 23.3 Å². The van der Waals surface area contributed by atoms with E-state index in [-0.39, 0.29) is 11.3 Å². The molecule has 18 heavy (non-hydrogen) atoms. The first kappa shape index (κ1) is 12.9. The number of nitrogens with one attached hydrogen (secondary N) is 1. The van der Waals surface area contributed by atoms with Crippen LogP contribution < -0.4 is 15.8 Å². The molecule has 0 aromatic heterocycles. The molecule has 1 aromatic carbocycles. The van der Waals surface area contributed by atoms with Crippen molar-refractivity contribution < 1.29 is 9.53 Å². The number of nitrogens with two attached hydrogens (primary N) is 1. The summed E-state index contributed by atoms with van der Waals surface area (Å²) in [6.45, 7) is 4.44. The highest BCUT2D eigenvalue weighted by molar-refractivity contribution is 5.98. The van der Waals surface area contributed by atoms with E-state index in [9.17, 15) is 4.79 Å². The Bertz CT molecular complexity index is 479. The van der Waals surface area contributed by atoms with Crippen LogP contribution in [0.15, 0.2) is 12.1 Å². The smallest absolute Gasteiger partial charge is 0.231 e. The molecule has 0 spiro atoms. The Morgan fingerprint density at radius 1 is 1.39 bits per heavy atom. The summed E-state index contributed by atoms with van der Waals surface area (Å²) in [6, 6.07) is 3.88. The average molecular weight is 248 g/mol. The van der Waals surface area contributed by atoms with E-state index in [4.69, 9.17) is 10.5 Å². The SMILES string of the molecule is COc1cc(C)c(C)cc1NC(=O)C1(CN)CC1. The number of aryl methyl sites for hydroxylation is 2. The molecule has 4 nitrogen and oxygen atoms in total. The zero-order valence-corrected chi connectivity index (χ0v) is 11.2. The van der Waals surface area contributed by atoms with Crippen LogP contribution in [0.25, 0.3) is 0 Å². The van der Waals surface area contributed by atoms with Gasteiger partial charge in [-0.2, -0.15) is 0 Å². The van der Waals surface area contributed by atoms with E-state index in [1.165, 1.54) is 0 Å². The maximum absolute atomic E-state index is 12.1. The van der Waals surface area contributed by atoms with Crippen LogP contribution in [0.3, 0.4) is 0 Å². The van der Waals surface area contributed by atoms with E-state index in [0.717, 1.165) is 29.7 Å². The molecule has 4 heteroatoms. The molecule has 1 saturated carbocycles. The van der Waals surface area contributed by atoms with Crippen LogP contribution in [0.1, 0.15) is 24.0 Å². The molecule has 1 aliphatic rings. The van der Waals surface area contributed by atoms with Crippen LogP contribution in [0.5, 0.6) is 5.75 Å². The second-order valence-electron chi connectivity index (χ2n) is 5.08.